The molecule has 1 heterocycles. The minimum atomic E-state index is -0.362. The predicted octanol–water partition coefficient (Wildman–Crippen LogP) is 4.29. The largest absolute Gasteiger partial charge is 0.329 e. The minimum absolute atomic E-state index is 0.0892. The molecule has 0 aliphatic carbocycles. The van der Waals surface area contributed by atoms with Crippen molar-refractivity contribution < 1.29 is 4.79 Å². The number of rotatable bonds is 5. The Kier molecular flexibility index (Phi) is 5.61. The zero-order chi connectivity index (χ0) is 19.6. The molecular weight excluding hydrogens is 362 g/mol. The Morgan fingerprint density at radius 2 is 1.89 bits per heavy atom. The molecule has 3 rings (SSSR count). The summed E-state index contributed by atoms with van der Waals surface area (Å²) in [6.45, 7) is 6.69. The zero-order valence-corrected chi connectivity index (χ0v) is 16.4. The van der Waals surface area contributed by atoms with Crippen molar-refractivity contribution in [3.05, 3.63) is 75.3 Å². The molecule has 1 amide bonds. The van der Waals surface area contributed by atoms with Gasteiger partial charge in [-0.05, 0) is 51.1 Å². The van der Waals surface area contributed by atoms with Crippen molar-refractivity contribution in [3.8, 4) is 0 Å². The summed E-state index contributed by atoms with van der Waals surface area (Å²) in [6, 6.07) is 13.8. The standard InChI is InChI=1S/C21H22ClN3O2/c1-4-24(20(26)15-9-7-6-8-10-15)14(3)19-23-18-13-16(22)11-12-17(18)21(27)25(19)5-2/h6-14H,4-5H2,1-3H3. The van der Waals surface area contributed by atoms with Gasteiger partial charge in [-0.15, -0.1) is 0 Å². The number of hydrogen-bond donors (Lipinski definition) is 0. The van der Waals surface area contributed by atoms with Crippen molar-refractivity contribution in [2.75, 3.05) is 6.54 Å². The van der Waals surface area contributed by atoms with Crippen LogP contribution in [0.5, 0.6) is 0 Å². The van der Waals surface area contributed by atoms with Gasteiger partial charge in [0.2, 0.25) is 0 Å². The molecule has 3 aromatic rings. The van der Waals surface area contributed by atoms with Gasteiger partial charge in [0.15, 0.2) is 0 Å². The van der Waals surface area contributed by atoms with Crippen LogP contribution in [0.4, 0.5) is 0 Å². The average Bonchev–Trinajstić information content (AvgIpc) is 2.68. The monoisotopic (exact) mass is 383 g/mol. The summed E-state index contributed by atoms with van der Waals surface area (Å²) in [5.41, 5.74) is 1.03. The van der Waals surface area contributed by atoms with Crippen LogP contribution in [0.3, 0.4) is 0 Å². The second-order valence-electron chi connectivity index (χ2n) is 6.31. The summed E-state index contributed by atoms with van der Waals surface area (Å²) in [5, 5.41) is 1.05. The van der Waals surface area contributed by atoms with Gasteiger partial charge in [-0.1, -0.05) is 29.8 Å². The van der Waals surface area contributed by atoms with E-state index in [-0.39, 0.29) is 17.5 Å². The van der Waals surface area contributed by atoms with E-state index >= 15 is 0 Å². The van der Waals surface area contributed by atoms with Gasteiger partial charge in [0.05, 0.1) is 16.9 Å². The van der Waals surface area contributed by atoms with Crippen molar-refractivity contribution in [3.63, 3.8) is 0 Å². The number of fused-ring (bicyclic) bond motifs is 1. The van der Waals surface area contributed by atoms with E-state index < -0.39 is 0 Å². The van der Waals surface area contributed by atoms with Crippen molar-refractivity contribution >= 4 is 28.4 Å². The molecule has 0 bridgehead atoms. The Morgan fingerprint density at radius 3 is 2.52 bits per heavy atom. The summed E-state index contributed by atoms with van der Waals surface area (Å²) < 4.78 is 1.63. The molecule has 6 heteroatoms. The lowest BCUT2D eigenvalue weighted by Crippen LogP contribution is -2.37. The fourth-order valence-electron chi connectivity index (χ4n) is 3.32. The number of nitrogens with zero attached hydrogens (tertiary/aromatic N) is 3. The number of carbonyl (C=O) groups is 1. The molecule has 140 valence electrons. The maximum absolute atomic E-state index is 13.0. The van der Waals surface area contributed by atoms with Crippen LogP contribution >= 0.6 is 11.6 Å². The zero-order valence-electron chi connectivity index (χ0n) is 15.6. The fraction of sp³-hybridized carbons (Fsp3) is 0.286. The molecule has 0 fully saturated rings. The highest BCUT2D eigenvalue weighted by molar-refractivity contribution is 6.31. The molecule has 2 aromatic carbocycles. The lowest BCUT2D eigenvalue weighted by Gasteiger charge is -2.29. The van der Waals surface area contributed by atoms with Gasteiger partial charge < -0.3 is 4.90 Å². The van der Waals surface area contributed by atoms with Crippen molar-refractivity contribution in [1.82, 2.24) is 14.5 Å². The molecule has 0 radical (unpaired) electrons. The van der Waals surface area contributed by atoms with E-state index in [4.69, 9.17) is 16.6 Å². The van der Waals surface area contributed by atoms with E-state index in [0.717, 1.165) is 0 Å². The van der Waals surface area contributed by atoms with Gasteiger partial charge in [0, 0.05) is 23.7 Å². The summed E-state index contributed by atoms with van der Waals surface area (Å²) in [6.07, 6.45) is 0. The third kappa shape index (κ3) is 3.60. The first-order chi connectivity index (χ1) is 13.0. The molecular formula is C21H22ClN3O2. The molecule has 1 atom stereocenters. The van der Waals surface area contributed by atoms with Crippen LogP contribution in [0.2, 0.25) is 5.02 Å². The highest BCUT2D eigenvalue weighted by Gasteiger charge is 2.25. The third-order valence-corrected chi connectivity index (χ3v) is 4.96. The number of amides is 1. The van der Waals surface area contributed by atoms with Crippen molar-refractivity contribution in [2.45, 2.75) is 33.4 Å². The number of aromatic nitrogens is 2. The smallest absolute Gasteiger partial charge is 0.261 e. The molecule has 27 heavy (non-hydrogen) atoms. The van der Waals surface area contributed by atoms with Gasteiger partial charge in [-0.2, -0.15) is 0 Å². The predicted molar refractivity (Wildman–Crippen MR) is 108 cm³/mol. The molecule has 1 aromatic heterocycles. The molecule has 5 nitrogen and oxygen atoms in total. The van der Waals surface area contributed by atoms with Gasteiger partial charge in [-0.25, -0.2) is 4.98 Å². The van der Waals surface area contributed by atoms with Crippen LogP contribution in [0.1, 0.15) is 43.0 Å². The van der Waals surface area contributed by atoms with Crippen LogP contribution in [-0.4, -0.2) is 26.9 Å². The van der Waals surface area contributed by atoms with Crippen LogP contribution in [-0.2, 0) is 6.54 Å². The van der Waals surface area contributed by atoms with E-state index in [1.807, 2.05) is 39.0 Å². The van der Waals surface area contributed by atoms with E-state index in [9.17, 15) is 9.59 Å². The number of hydrogen-bond acceptors (Lipinski definition) is 3. The molecule has 0 aliphatic heterocycles. The van der Waals surface area contributed by atoms with Crippen LogP contribution in [0.25, 0.3) is 10.9 Å². The quantitative estimate of drug-likeness (QED) is 0.660. The van der Waals surface area contributed by atoms with Crippen LogP contribution in [0, 0.1) is 0 Å². The lowest BCUT2D eigenvalue weighted by molar-refractivity contribution is 0.0691. The second-order valence-corrected chi connectivity index (χ2v) is 6.75. The van der Waals surface area contributed by atoms with Gasteiger partial charge >= 0.3 is 0 Å². The SMILES string of the molecule is CCN(C(=O)c1ccccc1)C(C)c1nc2cc(Cl)ccc2c(=O)n1CC. The Balaban J connectivity index is 2.11. The second kappa shape index (κ2) is 7.92. The Labute approximate surface area is 163 Å². The molecule has 0 saturated carbocycles. The topological polar surface area (TPSA) is 55.2 Å². The highest BCUT2D eigenvalue weighted by atomic mass is 35.5. The lowest BCUT2D eigenvalue weighted by atomic mass is 10.1. The van der Waals surface area contributed by atoms with Crippen molar-refractivity contribution in [1.29, 1.82) is 0 Å². The Bertz CT molecular complexity index is 1030. The maximum atomic E-state index is 13.0. The van der Waals surface area contributed by atoms with Gasteiger partial charge in [0.25, 0.3) is 11.5 Å². The van der Waals surface area contributed by atoms with E-state index in [0.29, 0.717) is 40.4 Å². The van der Waals surface area contributed by atoms with Gasteiger partial charge in [-0.3, -0.25) is 14.2 Å². The first-order valence-electron chi connectivity index (χ1n) is 9.03. The Hall–Kier alpha value is -2.66. The van der Waals surface area contributed by atoms with E-state index in [1.165, 1.54) is 0 Å². The molecule has 0 N–H and O–H groups in total. The van der Waals surface area contributed by atoms with E-state index in [2.05, 4.69) is 0 Å². The van der Waals surface area contributed by atoms with Crippen LogP contribution in [0.15, 0.2) is 53.3 Å². The summed E-state index contributed by atoms with van der Waals surface area (Å²) in [5.74, 6) is 0.470. The number of benzene rings is 2. The average molecular weight is 384 g/mol. The highest BCUT2D eigenvalue weighted by Crippen LogP contribution is 2.23. The Morgan fingerprint density at radius 1 is 1.19 bits per heavy atom. The molecule has 0 aliphatic rings. The summed E-state index contributed by atoms with van der Waals surface area (Å²) >= 11 is 6.08. The normalized spacial score (nSPS) is 12.1. The van der Waals surface area contributed by atoms with Crippen molar-refractivity contribution in [2.24, 2.45) is 0 Å². The third-order valence-electron chi connectivity index (χ3n) is 4.73. The molecule has 0 spiro atoms. The summed E-state index contributed by atoms with van der Waals surface area (Å²) in [4.78, 5) is 32.3. The van der Waals surface area contributed by atoms with E-state index in [1.54, 1.807) is 39.8 Å². The number of carbonyl (C=O) groups excluding carboxylic acids is 1. The maximum Gasteiger partial charge on any atom is 0.261 e. The molecule has 1 unspecified atom stereocenters. The van der Waals surface area contributed by atoms with Crippen LogP contribution < -0.4 is 5.56 Å². The summed E-state index contributed by atoms with van der Waals surface area (Å²) in [7, 11) is 0. The number of halogens is 1. The molecule has 0 saturated heterocycles. The fourth-order valence-corrected chi connectivity index (χ4v) is 3.48. The van der Waals surface area contributed by atoms with Gasteiger partial charge in [0.1, 0.15) is 5.82 Å². The first-order valence-corrected chi connectivity index (χ1v) is 9.41. The minimum Gasteiger partial charge on any atom is -0.329 e. The first kappa shape index (κ1) is 19.1.